The molecule has 0 amide bonds. The second-order valence-electron chi connectivity index (χ2n) is 6.18. The summed E-state index contributed by atoms with van der Waals surface area (Å²) in [5.41, 5.74) is 4.24. The first-order chi connectivity index (χ1) is 9.45. The number of nitrogens with one attached hydrogen (secondary N) is 1. The Morgan fingerprint density at radius 3 is 1.70 bits per heavy atom. The van der Waals surface area contributed by atoms with Crippen molar-refractivity contribution in [2.24, 2.45) is 0 Å². The third kappa shape index (κ3) is 4.46. The molecule has 2 rings (SSSR count). The first-order valence-electron chi connectivity index (χ1n) is 7.00. The first kappa shape index (κ1) is 15.3. The number of hydrogen-bond acceptors (Lipinski definition) is 1. The van der Waals surface area contributed by atoms with Crippen LogP contribution in [0.5, 0.6) is 0 Å². The Morgan fingerprint density at radius 2 is 1.25 bits per heavy atom. The van der Waals surface area contributed by atoms with E-state index in [1.54, 1.807) is 0 Å². The molecule has 0 aromatic heterocycles. The molecule has 0 saturated carbocycles. The van der Waals surface area contributed by atoms with E-state index in [1.165, 1.54) is 16.7 Å². The van der Waals surface area contributed by atoms with Crippen LogP contribution in [0.1, 0.15) is 37.5 Å². The summed E-state index contributed by atoms with van der Waals surface area (Å²) in [6.45, 7) is 8.53. The van der Waals surface area contributed by atoms with E-state index in [9.17, 15) is 0 Å². The van der Waals surface area contributed by atoms with Crippen molar-refractivity contribution in [3.63, 3.8) is 0 Å². The molecule has 0 aliphatic carbocycles. The minimum absolute atomic E-state index is 0.226. The van der Waals surface area contributed by atoms with Crippen molar-refractivity contribution in [2.75, 3.05) is 0 Å². The summed E-state index contributed by atoms with van der Waals surface area (Å²) in [6.07, 6.45) is 0. The molecule has 0 unspecified atom stereocenters. The van der Waals surface area contributed by atoms with Gasteiger partial charge in [-0.25, -0.2) is 0 Å². The lowest BCUT2D eigenvalue weighted by Gasteiger charge is -2.19. The van der Waals surface area contributed by atoms with Crippen LogP contribution in [0, 0.1) is 0 Å². The average molecular weight is 332 g/mol. The van der Waals surface area contributed by atoms with Crippen molar-refractivity contribution in [2.45, 2.75) is 39.3 Å². The Bertz CT molecular complexity index is 535. The third-order valence-electron chi connectivity index (χ3n) is 3.39. The fraction of sp³-hybridized carbons (Fsp3) is 0.333. The highest BCUT2D eigenvalue weighted by molar-refractivity contribution is 9.10. The van der Waals surface area contributed by atoms with E-state index in [4.69, 9.17) is 0 Å². The zero-order valence-corrected chi connectivity index (χ0v) is 14.0. The lowest BCUT2D eigenvalue weighted by atomic mass is 9.87. The Labute approximate surface area is 130 Å². The Balaban J connectivity index is 1.87. The Morgan fingerprint density at radius 1 is 0.800 bits per heavy atom. The van der Waals surface area contributed by atoms with Gasteiger partial charge in [0.1, 0.15) is 0 Å². The van der Waals surface area contributed by atoms with Crippen molar-refractivity contribution in [1.29, 1.82) is 0 Å². The van der Waals surface area contributed by atoms with Crippen LogP contribution >= 0.6 is 15.9 Å². The van der Waals surface area contributed by atoms with Gasteiger partial charge < -0.3 is 5.32 Å². The number of benzene rings is 2. The van der Waals surface area contributed by atoms with Crippen LogP contribution < -0.4 is 5.32 Å². The molecule has 1 N–H and O–H groups in total. The Kier molecular flexibility index (Phi) is 5.00. The second kappa shape index (κ2) is 6.55. The van der Waals surface area contributed by atoms with E-state index >= 15 is 0 Å². The summed E-state index contributed by atoms with van der Waals surface area (Å²) in [5.74, 6) is 0. The van der Waals surface area contributed by atoms with Gasteiger partial charge in [-0.05, 0) is 34.2 Å². The molecule has 0 fully saturated rings. The SMILES string of the molecule is CC(C)(C)c1ccc(CNCc2ccc(Br)cc2)cc1. The van der Waals surface area contributed by atoms with Crippen molar-refractivity contribution >= 4 is 15.9 Å². The van der Waals surface area contributed by atoms with Crippen molar-refractivity contribution in [3.05, 3.63) is 69.7 Å². The molecular formula is C18H22BrN. The van der Waals surface area contributed by atoms with Gasteiger partial charge in [-0.15, -0.1) is 0 Å². The quantitative estimate of drug-likeness (QED) is 0.827. The van der Waals surface area contributed by atoms with Crippen LogP contribution in [0.3, 0.4) is 0 Å². The van der Waals surface area contributed by atoms with E-state index in [0.717, 1.165) is 17.6 Å². The molecular weight excluding hydrogens is 310 g/mol. The molecule has 0 heterocycles. The molecule has 0 spiro atoms. The zero-order chi connectivity index (χ0) is 14.6. The molecule has 20 heavy (non-hydrogen) atoms. The lowest BCUT2D eigenvalue weighted by molar-refractivity contribution is 0.589. The molecule has 2 heteroatoms. The largest absolute Gasteiger partial charge is 0.309 e. The van der Waals surface area contributed by atoms with Crippen molar-refractivity contribution < 1.29 is 0 Å². The van der Waals surface area contributed by atoms with Crippen LogP contribution in [0.4, 0.5) is 0 Å². The van der Waals surface area contributed by atoms with Gasteiger partial charge >= 0.3 is 0 Å². The van der Waals surface area contributed by atoms with Gasteiger partial charge in [0, 0.05) is 17.6 Å². The van der Waals surface area contributed by atoms with Gasteiger partial charge in [0.05, 0.1) is 0 Å². The first-order valence-corrected chi connectivity index (χ1v) is 7.79. The fourth-order valence-electron chi connectivity index (χ4n) is 2.08. The van der Waals surface area contributed by atoms with E-state index < -0.39 is 0 Å². The van der Waals surface area contributed by atoms with Gasteiger partial charge in [-0.3, -0.25) is 0 Å². The van der Waals surface area contributed by atoms with Crippen molar-refractivity contribution in [1.82, 2.24) is 5.32 Å². The van der Waals surface area contributed by atoms with Gasteiger partial charge in [0.2, 0.25) is 0 Å². The predicted octanol–water partition coefficient (Wildman–Crippen LogP) is 5.04. The maximum absolute atomic E-state index is 3.48. The molecule has 2 aromatic carbocycles. The van der Waals surface area contributed by atoms with Crippen LogP contribution in [0.2, 0.25) is 0 Å². The summed E-state index contributed by atoms with van der Waals surface area (Å²) in [7, 11) is 0. The van der Waals surface area contributed by atoms with E-state index in [1.807, 2.05) is 0 Å². The smallest absolute Gasteiger partial charge is 0.0208 e. The normalized spacial score (nSPS) is 11.6. The maximum atomic E-state index is 3.48. The predicted molar refractivity (Wildman–Crippen MR) is 89.8 cm³/mol. The molecule has 0 atom stereocenters. The van der Waals surface area contributed by atoms with Crippen molar-refractivity contribution in [3.8, 4) is 0 Å². The molecule has 2 aromatic rings. The van der Waals surface area contributed by atoms with E-state index in [-0.39, 0.29) is 5.41 Å². The number of halogens is 1. The highest BCUT2D eigenvalue weighted by Gasteiger charge is 2.12. The summed E-state index contributed by atoms with van der Waals surface area (Å²) >= 11 is 3.45. The summed E-state index contributed by atoms with van der Waals surface area (Å²) in [6, 6.07) is 17.3. The Hall–Kier alpha value is -1.12. The number of hydrogen-bond donors (Lipinski definition) is 1. The number of rotatable bonds is 4. The highest BCUT2D eigenvalue weighted by atomic mass is 79.9. The minimum Gasteiger partial charge on any atom is -0.309 e. The van der Waals surface area contributed by atoms with Crippen LogP contribution in [0.15, 0.2) is 53.0 Å². The van der Waals surface area contributed by atoms with Crippen LogP contribution in [-0.4, -0.2) is 0 Å². The highest BCUT2D eigenvalue weighted by Crippen LogP contribution is 2.22. The van der Waals surface area contributed by atoms with Gasteiger partial charge in [0.25, 0.3) is 0 Å². The van der Waals surface area contributed by atoms with Crippen LogP contribution in [-0.2, 0) is 18.5 Å². The van der Waals surface area contributed by atoms with Gasteiger partial charge in [-0.2, -0.15) is 0 Å². The summed E-state index contributed by atoms with van der Waals surface area (Å²) < 4.78 is 1.12. The van der Waals surface area contributed by atoms with E-state index in [0.29, 0.717) is 0 Å². The van der Waals surface area contributed by atoms with Gasteiger partial charge in [0.15, 0.2) is 0 Å². The monoisotopic (exact) mass is 331 g/mol. The molecule has 1 nitrogen and oxygen atoms in total. The summed E-state index contributed by atoms with van der Waals surface area (Å²) in [4.78, 5) is 0. The maximum Gasteiger partial charge on any atom is 0.0208 e. The molecule has 0 aliphatic heterocycles. The fourth-order valence-corrected chi connectivity index (χ4v) is 2.34. The zero-order valence-electron chi connectivity index (χ0n) is 12.4. The van der Waals surface area contributed by atoms with Crippen LogP contribution in [0.25, 0.3) is 0 Å². The third-order valence-corrected chi connectivity index (χ3v) is 3.92. The second-order valence-corrected chi connectivity index (χ2v) is 7.09. The van der Waals surface area contributed by atoms with E-state index in [2.05, 4.69) is 90.5 Å². The summed E-state index contributed by atoms with van der Waals surface area (Å²) in [5, 5.41) is 3.48. The molecule has 0 aliphatic rings. The molecule has 106 valence electrons. The molecule has 0 bridgehead atoms. The standard InChI is InChI=1S/C18H22BrN/c1-18(2,3)16-8-4-14(5-9-16)12-20-13-15-6-10-17(19)11-7-15/h4-11,20H,12-13H2,1-3H3. The average Bonchev–Trinajstić information content (AvgIpc) is 2.41. The minimum atomic E-state index is 0.226. The lowest BCUT2D eigenvalue weighted by Crippen LogP contribution is -2.14. The molecule has 0 saturated heterocycles. The topological polar surface area (TPSA) is 12.0 Å². The molecule has 0 radical (unpaired) electrons. The van der Waals surface area contributed by atoms with Gasteiger partial charge in [-0.1, -0.05) is 73.1 Å².